The molecule has 6 nitrogen and oxygen atoms in total. The van der Waals surface area contributed by atoms with Gasteiger partial charge < -0.3 is 15.7 Å². The quantitative estimate of drug-likeness (QED) is 0.594. The van der Waals surface area contributed by atoms with Crippen LogP contribution in [-0.4, -0.2) is 53.7 Å². The molecule has 2 aliphatic carbocycles. The zero-order valence-electron chi connectivity index (χ0n) is 15.1. The van der Waals surface area contributed by atoms with Crippen LogP contribution in [0.4, 0.5) is 4.79 Å². The lowest BCUT2D eigenvalue weighted by Gasteiger charge is -2.42. The number of nitrogens with one attached hydrogen (secondary N) is 2. The average Bonchev–Trinajstić information content (AvgIpc) is 3.01. The fraction of sp³-hybridized carbons (Fsp3) is 0.778. The van der Waals surface area contributed by atoms with Crippen LogP contribution >= 0.6 is 0 Å². The van der Waals surface area contributed by atoms with E-state index in [1.165, 1.54) is 12.0 Å². The van der Waals surface area contributed by atoms with Crippen molar-refractivity contribution in [1.82, 2.24) is 15.5 Å². The van der Waals surface area contributed by atoms with Crippen molar-refractivity contribution < 1.29 is 14.7 Å². The Bertz CT molecular complexity index is 496. The van der Waals surface area contributed by atoms with Crippen molar-refractivity contribution in [2.24, 2.45) is 5.41 Å². The molecule has 136 valence electrons. The molecule has 2 aliphatic rings. The first kappa shape index (κ1) is 18.8. The van der Waals surface area contributed by atoms with Gasteiger partial charge in [0.25, 0.3) is 0 Å². The first-order valence-electron chi connectivity index (χ1n) is 9.01. The van der Waals surface area contributed by atoms with Gasteiger partial charge in [-0.05, 0) is 38.6 Å². The molecule has 0 aromatic carbocycles. The van der Waals surface area contributed by atoms with E-state index < -0.39 is 5.97 Å². The summed E-state index contributed by atoms with van der Waals surface area (Å²) in [7, 11) is 0. The Morgan fingerprint density at radius 1 is 1.38 bits per heavy atom. The molecule has 0 saturated heterocycles. The molecule has 0 heterocycles. The van der Waals surface area contributed by atoms with Gasteiger partial charge in [0.05, 0.1) is 6.54 Å². The number of carbonyl (C=O) groups is 2. The molecule has 0 unspecified atom stereocenters. The third-order valence-electron chi connectivity index (χ3n) is 5.31. The SMILES string of the molecule is CCN(CC(=O)O)C1CC(NC(=O)NCC(C)(C)C2=CCCC2)C1. The molecule has 0 aromatic heterocycles. The molecule has 0 atom stereocenters. The fourth-order valence-corrected chi connectivity index (χ4v) is 3.61. The summed E-state index contributed by atoms with van der Waals surface area (Å²) in [5, 5.41) is 14.9. The van der Waals surface area contributed by atoms with E-state index in [1.807, 2.05) is 11.8 Å². The highest BCUT2D eigenvalue weighted by atomic mass is 16.4. The normalized spacial score (nSPS) is 23.6. The van der Waals surface area contributed by atoms with E-state index in [0.717, 1.165) is 32.2 Å². The fourth-order valence-electron chi connectivity index (χ4n) is 3.61. The summed E-state index contributed by atoms with van der Waals surface area (Å²) in [6.07, 6.45) is 7.46. The zero-order valence-corrected chi connectivity index (χ0v) is 15.1. The molecule has 0 aromatic rings. The maximum absolute atomic E-state index is 12.1. The number of aliphatic carboxylic acids is 1. The van der Waals surface area contributed by atoms with Crippen LogP contribution < -0.4 is 10.6 Å². The highest BCUT2D eigenvalue weighted by Crippen LogP contribution is 2.34. The smallest absolute Gasteiger partial charge is 0.317 e. The Hall–Kier alpha value is -1.56. The van der Waals surface area contributed by atoms with Crippen molar-refractivity contribution in [2.75, 3.05) is 19.6 Å². The minimum atomic E-state index is -0.797. The molecule has 2 amide bonds. The Labute approximate surface area is 144 Å². The molecule has 1 fully saturated rings. The third kappa shape index (κ3) is 4.97. The number of likely N-dealkylation sites (N-methyl/N-ethyl adjacent to an activating group) is 1. The van der Waals surface area contributed by atoms with E-state index in [9.17, 15) is 9.59 Å². The van der Waals surface area contributed by atoms with Gasteiger partial charge in [-0.3, -0.25) is 9.69 Å². The van der Waals surface area contributed by atoms with Crippen molar-refractivity contribution in [3.05, 3.63) is 11.6 Å². The van der Waals surface area contributed by atoms with Gasteiger partial charge in [-0.2, -0.15) is 0 Å². The number of urea groups is 1. The summed E-state index contributed by atoms with van der Waals surface area (Å²) in [5.41, 5.74) is 1.45. The van der Waals surface area contributed by atoms with Crippen molar-refractivity contribution in [1.29, 1.82) is 0 Å². The molecule has 0 aliphatic heterocycles. The lowest BCUT2D eigenvalue weighted by Crippen LogP contribution is -2.56. The molecule has 3 N–H and O–H groups in total. The van der Waals surface area contributed by atoms with Gasteiger partial charge in [0, 0.05) is 24.0 Å². The molecule has 1 saturated carbocycles. The lowest BCUT2D eigenvalue weighted by molar-refractivity contribution is -0.139. The summed E-state index contributed by atoms with van der Waals surface area (Å²) < 4.78 is 0. The van der Waals surface area contributed by atoms with Crippen molar-refractivity contribution in [3.8, 4) is 0 Å². The first-order chi connectivity index (χ1) is 11.3. The van der Waals surface area contributed by atoms with E-state index in [-0.39, 0.29) is 30.1 Å². The molecular formula is C18H31N3O3. The predicted molar refractivity (Wildman–Crippen MR) is 93.9 cm³/mol. The molecule has 24 heavy (non-hydrogen) atoms. The minimum absolute atomic E-state index is 0.0104. The number of hydrogen-bond donors (Lipinski definition) is 3. The van der Waals surface area contributed by atoms with Crippen LogP contribution in [0, 0.1) is 5.41 Å². The molecule has 0 bridgehead atoms. The number of allylic oxidation sites excluding steroid dienone is 1. The maximum Gasteiger partial charge on any atom is 0.317 e. The van der Waals surface area contributed by atoms with E-state index in [1.54, 1.807) is 0 Å². The summed E-state index contributed by atoms with van der Waals surface area (Å²) >= 11 is 0. The first-order valence-corrected chi connectivity index (χ1v) is 9.01. The number of carboxylic acids is 1. The van der Waals surface area contributed by atoms with Gasteiger partial charge in [-0.25, -0.2) is 4.79 Å². The van der Waals surface area contributed by atoms with Gasteiger partial charge in [-0.15, -0.1) is 0 Å². The largest absolute Gasteiger partial charge is 0.480 e. The summed E-state index contributed by atoms with van der Waals surface area (Å²) in [4.78, 5) is 24.9. The second-order valence-electron chi connectivity index (χ2n) is 7.61. The Morgan fingerprint density at radius 2 is 2.08 bits per heavy atom. The van der Waals surface area contributed by atoms with Crippen LogP contribution in [0.15, 0.2) is 11.6 Å². The minimum Gasteiger partial charge on any atom is -0.480 e. The molecule has 2 rings (SSSR count). The number of carbonyl (C=O) groups excluding carboxylic acids is 1. The van der Waals surface area contributed by atoms with E-state index in [0.29, 0.717) is 6.54 Å². The molecule has 6 heteroatoms. The van der Waals surface area contributed by atoms with E-state index in [2.05, 4.69) is 30.6 Å². The highest BCUT2D eigenvalue weighted by Gasteiger charge is 2.35. The van der Waals surface area contributed by atoms with Crippen molar-refractivity contribution in [3.63, 3.8) is 0 Å². The second-order valence-corrected chi connectivity index (χ2v) is 7.61. The summed E-state index contributed by atoms with van der Waals surface area (Å²) in [6, 6.07) is 0.287. The zero-order chi connectivity index (χ0) is 17.7. The molecular weight excluding hydrogens is 306 g/mol. The number of rotatable bonds is 8. The Kier molecular flexibility index (Phi) is 6.27. The topological polar surface area (TPSA) is 81.7 Å². The lowest BCUT2D eigenvalue weighted by atomic mass is 9.83. The number of hydrogen-bond acceptors (Lipinski definition) is 3. The standard InChI is InChI=1S/C18H31N3O3/c1-4-21(11-16(22)23)15-9-14(10-15)20-17(24)19-12-18(2,3)13-7-5-6-8-13/h7,14-15H,4-6,8-12H2,1-3H3,(H,22,23)(H2,19,20,24). The number of amides is 2. The van der Waals surface area contributed by atoms with Gasteiger partial charge in [0.2, 0.25) is 0 Å². The third-order valence-corrected chi connectivity index (χ3v) is 5.31. The summed E-state index contributed by atoms with van der Waals surface area (Å²) in [5.74, 6) is -0.797. The van der Waals surface area contributed by atoms with Crippen LogP contribution in [0.25, 0.3) is 0 Å². The van der Waals surface area contributed by atoms with Gasteiger partial charge in [-0.1, -0.05) is 32.4 Å². The van der Waals surface area contributed by atoms with Gasteiger partial charge >= 0.3 is 12.0 Å². The maximum atomic E-state index is 12.1. The van der Waals surface area contributed by atoms with Gasteiger partial charge in [0.1, 0.15) is 0 Å². The van der Waals surface area contributed by atoms with Crippen LogP contribution in [0.3, 0.4) is 0 Å². The van der Waals surface area contributed by atoms with Crippen molar-refractivity contribution in [2.45, 2.75) is 65.0 Å². The Morgan fingerprint density at radius 3 is 2.62 bits per heavy atom. The van der Waals surface area contributed by atoms with Crippen LogP contribution in [0.2, 0.25) is 0 Å². The van der Waals surface area contributed by atoms with Crippen LogP contribution in [-0.2, 0) is 4.79 Å². The average molecular weight is 337 g/mol. The second kappa shape index (κ2) is 8.01. The van der Waals surface area contributed by atoms with E-state index in [4.69, 9.17) is 5.11 Å². The number of nitrogens with zero attached hydrogens (tertiary/aromatic N) is 1. The van der Waals surface area contributed by atoms with Crippen molar-refractivity contribution >= 4 is 12.0 Å². The van der Waals surface area contributed by atoms with Crippen LogP contribution in [0.5, 0.6) is 0 Å². The van der Waals surface area contributed by atoms with Crippen LogP contribution in [0.1, 0.15) is 52.9 Å². The molecule has 0 spiro atoms. The van der Waals surface area contributed by atoms with Gasteiger partial charge in [0.15, 0.2) is 0 Å². The Balaban J connectivity index is 1.68. The monoisotopic (exact) mass is 337 g/mol. The number of carboxylic acid groups (broad SMARTS) is 1. The predicted octanol–water partition coefficient (Wildman–Crippen LogP) is 2.36. The molecule has 0 radical (unpaired) electrons. The highest BCUT2D eigenvalue weighted by molar-refractivity contribution is 5.74. The van der Waals surface area contributed by atoms with E-state index >= 15 is 0 Å². The summed E-state index contributed by atoms with van der Waals surface area (Å²) in [6.45, 7) is 7.75.